The summed E-state index contributed by atoms with van der Waals surface area (Å²) < 4.78 is 11.0. The van der Waals surface area contributed by atoms with Crippen molar-refractivity contribution in [2.45, 2.75) is 57.9 Å². The number of aliphatic hydroxyl groups is 1. The van der Waals surface area contributed by atoms with Crippen LogP contribution in [0.4, 0.5) is 11.6 Å². The zero-order valence-corrected chi connectivity index (χ0v) is 23.8. The highest BCUT2D eigenvalue weighted by atomic mass is 35.5. The van der Waals surface area contributed by atoms with Crippen LogP contribution in [-0.2, 0) is 19.6 Å². The Kier molecular flexibility index (Phi) is 9.08. The number of aromatic nitrogens is 2. The van der Waals surface area contributed by atoms with E-state index in [0.29, 0.717) is 47.0 Å². The van der Waals surface area contributed by atoms with Crippen molar-refractivity contribution in [3.63, 3.8) is 0 Å². The van der Waals surface area contributed by atoms with E-state index in [0.717, 1.165) is 49.3 Å². The minimum atomic E-state index is -0.710. The summed E-state index contributed by atoms with van der Waals surface area (Å²) in [5.74, 6) is 2.48. The normalized spacial score (nSPS) is 16.1. The van der Waals surface area contributed by atoms with Gasteiger partial charge in [-0.1, -0.05) is 17.7 Å². The Morgan fingerprint density at radius 3 is 2.92 bits per heavy atom. The van der Waals surface area contributed by atoms with Gasteiger partial charge in [0, 0.05) is 51.4 Å². The lowest BCUT2D eigenvalue weighted by atomic mass is 9.93. The van der Waals surface area contributed by atoms with Gasteiger partial charge in [0.05, 0.1) is 17.3 Å². The first-order valence-corrected chi connectivity index (χ1v) is 14.3. The van der Waals surface area contributed by atoms with Gasteiger partial charge in [-0.15, -0.1) is 0 Å². The van der Waals surface area contributed by atoms with Crippen LogP contribution in [0.5, 0.6) is 5.75 Å². The zero-order chi connectivity index (χ0) is 28.1. The number of hydrogen-bond donors (Lipinski definition) is 3. The van der Waals surface area contributed by atoms with E-state index in [1.54, 1.807) is 18.3 Å². The summed E-state index contributed by atoms with van der Waals surface area (Å²) in [5.41, 5.74) is 2.70. The molecule has 1 aliphatic heterocycles. The number of carbonyl (C=O) groups excluding carboxylic acids is 1. The summed E-state index contributed by atoms with van der Waals surface area (Å²) in [5, 5.41) is 17.7. The maximum Gasteiger partial charge on any atom is 0.251 e. The Labute approximate surface area is 239 Å². The number of halogens is 1. The van der Waals surface area contributed by atoms with Gasteiger partial charge < -0.3 is 29.8 Å². The largest absolute Gasteiger partial charge is 0.484 e. The SMILES string of the molecule is CCN(C)c1cc(C(=O)NC[C@H](O)CN2CCc3c(ccc(OCc4cnco4)c3Cl)C2)cc(NC2CCC2)n1. The van der Waals surface area contributed by atoms with Gasteiger partial charge in [-0.05, 0) is 61.9 Å². The summed E-state index contributed by atoms with van der Waals surface area (Å²) in [6.45, 7) is 5.09. The van der Waals surface area contributed by atoms with Crippen LogP contribution in [0.3, 0.4) is 0 Å². The molecule has 214 valence electrons. The van der Waals surface area contributed by atoms with Gasteiger partial charge >= 0.3 is 0 Å². The first kappa shape index (κ1) is 28.2. The van der Waals surface area contributed by atoms with Gasteiger partial charge in [-0.3, -0.25) is 9.69 Å². The maximum absolute atomic E-state index is 13.0. The Hall–Kier alpha value is -3.34. The van der Waals surface area contributed by atoms with Gasteiger partial charge in [0.15, 0.2) is 12.2 Å². The number of carbonyl (C=O) groups is 1. The molecular formula is C29H37ClN6O4. The van der Waals surface area contributed by atoms with E-state index in [1.807, 2.05) is 31.0 Å². The number of nitrogens with one attached hydrogen (secondary N) is 2. The number of ether oxygens (including phenoxy) is 1. The van der Waals surface area contributed by atoms with Gasteiger partial charge in [-0.2, -0.15) is 0 Å². The third-order valence-electron chi connectivity index (χ3n) is 7.59. The minimum Gasteiger partial charge on any atom is -0.484 e. The molecule has 0 saturated heterocycles. The lowest BCUT2D eigenvalue weighted by Gasteiger charge is -2.31. The van der Waals surface area contributed by atoms with Gasteiger partial charge in [0.1, 0.15) is 24.0 Å². The molecule has 1 fully saturated rings. The highest BCUT2D eigenvalue weighted by Gasteiger charge is 2.24. The van der Waals surface area contributed by atoms with Crippen LogP contribution in [0.25, 0.3) is 0 Å². The van der Waals surface area contributed by atoms with E-state index in [-0.39, 0.29) is 19.1 Å². The molecule has 2 aromatic heterocycles. The fourth-order valence-corrected chi connectivity index (χ4v) is 5.23. The topological polar surface area (TPSA) is 116 Å². The number of benzene rings is 1. The third-order valence-corrected chi connectivity index (χ3v) is 8.01. The number of hydrogen-bond acceptors (Lipinski definition) is 9. The molecule has 1 saturated carbocycles. The number of rotatable bonds is 12. The van der Waals surface area contributed by atoms with Crippen molar-refractivity contribution < 1.29 is 19.1 Å². The van der Waals surface area contributed by atoms with Crippen molar-refractivity contribution in [1.29, 1.82) is 0 Å². The van der Waals surface area contributed by atoms with E-state index < -0.39 is 6.10 Å². The van der Waals surface area contributed by atoms with E-state index in [2.05, 4.69) is 25.5 Å². The number of amides is 1. The van der Waals surface area contributed by atoms with Crippen molar-refractivity contribution in [3.05, 3.63) is 64.3 Å². The van der Waals surface area contributed by atoms with Crippen LogP contribution in [0, 0.1) is 0 Å². The molecule has 1 aromatic carbocycles. The molecule has 10 nitrogen and oxygen atoms in total. The van der Waals surface area contributed by atoms with Crippen LogP contribution in [-0.4, -0.2) is 71.3 Å². The first-order valence-electron chi connectivity index (χ1n) is 13.9. The van der Waals surface area contributed by atoms with Crippen molar-refractivity contribution >= 4 is 29.1 Å². The molecule has 0 radical (unpaired) electrons. The number of nitrogens with zero attached hydrogens (tertiary/aromatic N) is 4. The average Bonchev–Trinajstić information content (AvgIpc) is 3.46. The number of anilines is 2. The molecular weight excluding hydrogens is 532 g/mol. The predicted octanol–water partition coefficient (Wildman–Crippen LogP) is 3.87. The Morgan fingerprint density at radius 2 is 2.20 bits per heavy atom. The van der Waals surface area contributed by atoms with Gasteiger partial charge in [0.2, 0.25) is 0 Å². The molecule has 3 N–H and O–H groups in total. The third kappa shape index (κ3) is 6.86. The Bertz CT molecular complexity index is 1300. The van der Waals surface area contributed by atoms with Crippen LogP contribution in [0.15, 0.2) is 41.3 Å². The summed E-state index contributed by atoms with van der Waals surface area (Å²) in [7, 11) is 1.96. The summed E-state index contributed by atoms with van der Waals surface area (Å²) >= 11 is 6.65. The van der Waals surface area contributed by atoms with E-state index >= 15 is 0 Å². The van der Waals surface area contributed by atoms with Gasteiger partial charge in [0.25, 0.3) is 5.91 Å². The van der Waals surface area contributed by atoms with Crippen molar-refractivity contribution in [2.24, 2.45) is 0 Å². The van der Waals surface area contributed by atoms with E-state index in [1.165, 1.54) is 12.8 Å². The van der Waals surface area contributed by atoms with Crippen molar-refractivity contribution in [3.8, 4) is 5.75 Å². The molecule has 0 bridgehead atoms. The maximum atomic E-state index is 13.0. The second-order valence-corrected chi connectivity index (χ2v) is 10.9. The molecule has 1 aliphatic carbocycles. The lowest BCUT2D eigenvalue weighted by Crippen LogP contribution is -2.42. The molecule has 1 amide bonds. The molecule has 11 heteroatoms. The highest BCUT2D eigenvalue weighted by molar-refractivity contribution is 6.33. The Morgan fingerprint density at radius 1 is 1.35 bits per heavy atom. The molecule has 5 rings (SSSR count). The molecule has 40 heavy (non-hydrogen) atoms. The summed E-state index contributed by atoms with van der Waals surface area (Å²) in [6.07, 6.45) is 6.47. The fourth-order valence-electron chi connectivity index (χ4n) is 4.89. The average molecular weight is 569 g/mol. The lowest BCUT2D eigenvalue weighted by molar-refractivity contribution is 0.0841. The standard InChI is InChI=1S/C29H37ClN6O4/c1-3-35(2)27-12-20(11-26(34-27)33-21-5-4-6-21)29(38)32-13-22(37)16-36-10-9-24-19(15-36)7-8-25(28(24)30)39-17-23-14-31-18-40-23/h7-8,11-12,14,18,21-22,37H,3-6,9-10,13,15-17H2,1-2H3,(H,32,38)(H,33,34)/t22-/m0/s1. The molecule has 0 spiro atoms. The summed E-state index contributed by atoms with van der Waals surface area (Å²) in [6, 6.07) is 7.88. The minimum absolute atomic E-state index is 0.157. The molecule has 1 atom stereocenters. The van der Waals surface area contributed by atoms with Gasteiger partial charge in [-0.25, -0.2) is 9.97 Å². The first-order chi connectivity index (χ1) is 19.4. The van der Waals surface area contributed by atoms with Crippen LogP contribution in [0.2, 0.25) is 5.02 Å². The van der Waals surface area contributed by atoms with E-state index in [9.17, 15) is 9.90 Å². The van der Waals surface area contributed by atoms with Crippen LogP contribution >= 0.6 is 11.6 Å². The van der Waals surface area contributed by atoms with E-state index in [4.69, 9.17) is 20.8 Å². The van der Waals surface area contributed by atoms with Crippen molar-refractivity contribution in [1.82, 2.24) is 20.2 Å². The molecule has 3 heterocycles. The fraction of sp³-hybridized carbons (Fsp3) is 0.483. The van der Waals surface area contributed by atoms with Crippen LogP contribution in [0.1, 0.15) is 53.4 Å². The number of pyridine rings is 1. The zero-order valence-electron chi connectivity index (χ0n) is 23.0. The number of oxazole rings is 1. The number of β-amino-alcohol motifs (C(OH)–C–C–N with tert-alkyl or cyclic N) is 1. The quantitative estimate of drug-likeness (QED) is 0.299. The monoisotopic (exact) mass is 568 g/mol. The second kappa shape index (κ2) is 12.9. The smallest absolute Gasteiger partial charge is 0.251 e. The number of fused-ring (bicyclic) bond motifs is 1. The predicted molar refractivity (Wildman–Crippen MR) is 154 cm³/mol. The number of aliphatic hydroxyl groups excluding tert-OH is 1. The molecule has 3 aromatic rings. The highest BCUT2D eigenvalue weighted by Crippen LogP contribution is 2.34. The van der Waals surface area contributed by atoms with Crippen molar-refractivity contribution in [2.75, 3.05) is 43.4 Å². The summed E-state index contributed by atoms with van der Waals surface area (Å²) in [4.78, 5) is 25.8. The Balaban J connectivity index is 1.14. The van der Waals surface area contributed by atoms with Crippen LogP contribution < -0.4 is 20.3 Å². The second-order valence-electron chi connectivity index (χ2n) is 10.5. The molecule has 0 unspecified atom stereocenters. The molecule has 2 aliphatic rings.